The molecule has 12 rings (SSSR count). The van der Waals surface area contributed by atoms with Crippen LogP contribution in [0, 0.1) is 0 Å². The quantitative estimate of drug-likeness (QED) is 0.178. The van der Waals surface area contributed by atoms with Gasteiger partial charge in [-0.25, -0.2) is 0 Å². The molecule has 0 radical (unpaired) electrons. The van der Waals surface area contributed by atoms with Crippen LogP contribution in [-0.2, 0) is 0 Å². The first kappa shape index (κ1) is 28.6. The minimum atomic E-state index is 0.845. The van der Waals surface area contributed by atoms with E-state index in [1.165, 1.54) is 42.3 Å². The monoisotopic (exact) mass is 702 g/mol. The van der Waals surface area contributed by atoms with Crippen molar-refractivity contribution in [1.82, 2.24) is 0 Å². The maximum Gasteiger partial charge on any atom is 0.137 e. The Bertz CT molecular complexity index is 2570. The molecule has 0 spiro atoms. The van der Waals surface area contributed by atoms with E-state index in [-0.39, 0.29) is 0 Å². The molecule has 0 amide bonds. The highest BCUT2D eigenvalue weighted by Gasteiger charge is 2.31. The van der Waals surface area contributed by atoms with Crippen LogP contribution >= 0.6 is 23.5 Å². The van der Waals surface area contributed by atoms with Gasteiger partial charge >= 0.3 is 0 Å². The van der Waals surface area contributed by atoms with Gasteiger partial charge in [-0.2, -0.15) is 0 Å². The van der Waals surface area contributed by atoms with Crippen LogP contribution in [-0.4, -0.2) is 0 Å². The molecule has 6 heteroatoms. The van der Waals surface area contributed by atoms with Gasteiger partial charge in [0.2, 0.25) is 0 Å². The Kier molecular flexibility index (Phi) is 5.89. The van der Waals surface area contributed by atoms with E-state index in [1.54, 1.807) is 0 Å². The molecule has 0 saturated carbocycles. The third-order valence-corrected chi connectivity index (χ3v) is 12.7. The molecule has 4 aliphatic rings. The smallest absolute Gasteiger partial charge is 0.137 e. The van der Waals surface area contributed by atoms with Crippen LogP contribution in [0.15, 0.2) is 177 Å². The Morgan fingerprint density at radius 3 is 1.06 bits per heavy atom. The number of hydrogen-bond donors (Lipinski definition) is 0. The first-order valence-electron chi connectivity index (χ1n) is 17.3. The third kappa shape index (κ3) is 4.02. The minimum Gasteiger partial charge on any atom is -0.456 e. The Balaban J connectivity index is 0.968. The molecule has 8 aromatic carbocycles. The van der Waals surface area contributed by atoms with Gasteiger partial charge in [-0.15, -0.1) is 0 Å². The van der Waals surface area contributed by atoms with Crippen LogP contribution in [0.2, 0.25) is 0 Å². The number of nitrogens with zero attached hydrogens (tertiary/aromatic N) is 2. The number of anilines is 6. The summed E-state index contributed by atoms with van der Waals surface area (Å²) in [5.41, 5.74) is 11.3. The molecule has 0 bridgehead atoms. The maximum atomic E-state index is 6.79. The highest BCUT2D eigenvalue weighted by atomic mass is 32.2. The van der Waals surface area contributed by atoms with Crippen molar-refractivity contribution in [3.05, 3.63) is 158 Å². The van der Waals surface area contributed by atoms with Gasteiger partial charge in [0.05, 0.1) is 22.7 Å². The van der Waals surface area contributed by atoms with E-state index in [9.17, 15) is 0 Å². The molecule has 0 aliphatic carbocycles. The summed E-state index contributed by atoms with van der Waals surface area (Å²) < 4.78 is 13.6. The number of hydrogen-bond acceptors (Lipinski definition) is 6. The SMILES string of the molecule is c1ccc2c(c1)Sc1ccccc1N2c1ccc2c(c1)Oc1ccc3c4c(ccc-2c14)-c1ccc(N2c4ccccc4Sc4ccccc42)cc1O3. The van der Waals surface area contributed by atoms with Crippen LogP contribution in [0.25, 0.3) is 33.0 Å². The molecule has 8 aromatic rings. The van der Waals surface area contributed by atoms with Crippen molar-refractivity contribution in [1.29, 1.82) is 0 Å². The van der Waals surface area contributed by atoms with E-state index < -0.39 is 0 Å². The van der Waals surface area contributed by atoms with Crippen LogP contribution in [0.4, 0.5) is 34.1 Å². The Morgan fingerprint density at radius 1 is 0.327 bits per heavy atom. The molecule has 4 aliphatic heterocycles. The standard InChI is InChI=1S/C46H26N2O2S2/c1-5-13-41-33(9-1)47(34-10-2-6-14-42(34)51-41)27-17-19-29-31-21-22-32-30-20-18-28(48-35-11-3-7-15-43(35)52-44-16-8-4-12-36(44)48)26-40(30)50-38-24-23-37(45(31)46(32)38)49-39(29)25-27/h1-26H. The zero-order valence-electron chi connectivity index (χ0n) is 27.5. The summed E-state index contributed by atoms with van der Waals surface area (Å²) in [7, 11) is 0. The number of rotatable bonds is 2. The van der Waals surface area contributed by atoms with Crippen molar-refractivity contribution in [2.75, 3.05) is 9.80 Å². The van der Waals surface area contributed by atoms with Gasteiger partial charge in [0.1, 0.15) is 23.0 Å². The summed E-state index contributed by atoms with van der Waals surface area (Å²) in [5, 5.41) is 2.18. The van der Waals surface area contributed by atoms with Gasteiger partial charge in [-0.1, -0.05) is 84.2 Å². The van der Waals surface area contributed by atoms with Crippen molar-refractivity contribution in [3.8, 4) is 45.3 Å². The summed E-state index contributed by atoms with van der Waals surface area (Å²) in [4.78, 5) is 9.64. The second kappa shape index (κ2) is 10.7. The molecule has 0 N–H and O–H groups in total. The maximum absolute atomic E-state index is 6.79. The zero-order valence-corrected chi connectivity index (χ0v) is 29.2. The predicted octanol–water partition coefficient (Wildman–Crippen LogP) is 14.3. The topological polar surface area (TPSA) is 24.9 Å². The fourth-order valence-corrected chi connectivity index (χ4v) is 10.3. The molecule has 0 atom stereocenters. The first-order valence-corrected chi connectivity index (χ1v) is 19.0. The van der Waals surface area contributed by atoms with E-state index in [4.69, 9.17) is 9.47 Å². The molecule has 0 aromatic heterocycles. The predicted molar refractivity (Wildman–Crippen MR) is 213 cm³/mol. The summed E-state index contributed by atoms with van der Waals surface area (Å²) in [6.07, 6.45) is 0. The normalized spacial score (nSPS) is 13.8. The molecule has 0 unspecified atom stereocenters. The fourth-order valence-electron chi connectivity index (χ4n) is 8.17. The Labute approximate surface area is 308 Å². The van der Waals surface area contributed by atoms with E-state index in [0.29, 0.717) is 0 Å². The van der Waals surface area contributed by atoms with Gasteiger partial charge in [-0.3, -0.25) is 0 Å². The van der Waals surface area contributed by atoms with Gasteiger partial charge < -0.3 is 19.3 Å². The Hall–Kier alpha value is -6.08. The fraction of sp³-hybridized carbons (Fsp3) is 0. The molecule has 244 valence electrons. The van der Waals surface area contributed by atoms with Gasteiger partial charge in [0, 0.05) is 65.0 Å². The van der Waals surface area contributed by atoms with E-state index >= 15 is 0 Å². The number of fused-ring (bicyclic) bond motifs is 8. The zero-order chi connectivity index (χ0) is 33.9. The van der Waals surface area contributed by atoms with Crippen LogP contribution in [0.5, 0.6) is 23.0 Å². The molecule has 52 heavy (non-hydrogen) atoms. The molecular weight excluding hydrogens is 677 g/mol. The summed E-state index contributed by atoms with van der Waals surface area (Å²) in [5.74, 6) is 3.39. The van der Waals surface area contributed by atoms with Crippen molar-refractivity contribution in [2.24, 2.45) is 0 Å². The van der Waals surface area contributed by atoms with Crippen molar-refractivity contribution >= 4 is 68.4 Å². The highest BCUT2D eigenvalue weighted by molar-refractivity contribution is 8.00. The second-order valence-electron chi connectivity index (χ2n) is 13.3. The summed E-state index contributed by atoms with van der Waals surface area (Å²) in [6.45, 7) is 0. The molecule has 4 heterocycles. The summed E-state index contributed by atoms with van der Waals surface area (Å²) >= 11 is 3.63. The van der Waals surface area contributed by atoms with Gasteiger partial charge in [0.15, 0.2) is 0 Å². The lowest BCUT2D eigenvalue weighted by Gasteiger charge is -2.34. The number of para-hydroxylation sites is 4. The van der Waals surface area contributed by atoms with Crippen molar-refractivity contribution in [3.63, 3.8) is 0 Å². The van der Waals surface area contributed by atoms with E-state index in [2.05, 4.69) is 168 Å². The van der Waals surface area contributed by atoms with Crippen molar-refractivity contribution in [2.45, 2.75) is 19.6 Å². The average molecular weight is 703 g/mol. The number of ether oxygens (including phenoxy) is 2. The van der Waals surface area contributed by atoms with Crippen LogP contribution < -0.4 is 19.3 Å². The minimum absolute atomic E-state index is 0.845. The van der Waals surface area contributed by atoms with E-state index in [0.717, 1.165) is 67.4 Å². The largest absolute Gasteiger partial charge is 0.456 e. The van der Waals surface area contributed by atoms with Crippen LogP contribution in [0.3, 0.4) is 0 Å². The molecule has 0 fully saturated rings. The summed E-state index contributed by atoms with van der Waals surface area (Å²) in [6, 6.07) is 56.3. The van der Waals surface area contributed by atoms with Crippen LogP contribution in [0.1, 0.15) is 0 Å². The van der Waals surface area contributed by atoms with Crippen molar-refractivity contribution < 1.29 is 9.47 Å². The molecular formula is C46H26N2O2S2. The van der Waals surface area contributed by atoms with Gasteiger partial charge in [0.25, 0.3) is 0 Å². The molecule has 4 nitrogen and oxygen atoms in total. The first-order chi connectivity index (χ1) is 25.8. The second-order valence-corrected chi connectivity index (χ2v) is 15.5. The molecule has 0 saturated heterocycles. The lowest BCUT2D eigenvalue weighted by atomic mass is 9.88. The Morgan fingerprint density at radius 2 is 0.673 bits per heavy atom. The third-order valence-electron chi connectivity index (χ3n) is 10.4. The van der Waals surface area contributed by atoms with E-state index in [1.807, 2.05) is 23.5 Å². The van der Waals surface area contributed by atoms with Gasteiger partial charge in [-0.05, 0) is 96.1 Å². The number of benzene rings is 8. The lowest BCUT2D eigenvalue weighted by molar-refractivity contribution is 0.475. The highest BCUT2D eigenvalue weighted by Crippen LogP contribution is 2.58. The average Bonchev–Trinajstić information content (AvgIpc) is 3.20. The lowest BCUT2D eigenvalue weighted by Crippen LogP contribution is -2.15.